The Morgan fingerprint density at radius 2 is 1.90 bits per heavy atom. The third-order valence-electron chi connectivity index (χ3n) is 5.29. The van der Waals surface area contributed by atoms with Gasteiger partial charge in [-0.3, -0.25) is 14.2 Å². The van der Waals surface area contributed by atoms with Gasteiger partial charge in [-0.05, 0) is 44.0 Å². The van der Waals surface area contributed by atoms with Gasteiger partial charge >= 0.3 is 0 Å². The molecular formula is C21H28N4O5S. The van der Waals surface area contributed by atoms with Gasteiger partial charge in [0, 0.05) is 43.7 Å². The summed E-state index contributed by atoms with van der Waals surface area (Å²) in [7, 11) is -3.21. The molecule has 0 bridgehead atoms. The summed E-state index contributed by atoms with van der Waals surface area (Å²) in [6.07, 6.45) is 3.65. The number of aromatic nitrogens is 2. The van der Waals surface area contributed by atoms with Crippen molar-refractivity contribution in [1.82, 2.24) is 19.2 Å². The monoisotopic (exact) mass is 448 g/mol. The van der Waals surface area contributed by atoms with Gasteiger partial charge in [-0.2, -0.15) is 0 Å². The highest BCUT2D eigenvalue weighted by Crippen LogP contribution is 2.20. The lowest BCUT2D eigenvalue weighted by molar-refractivity contribution is -0.126. The average molecular weight is 449 g/mol. The Bertz CT molecular complexity index is 1060. The first-order valence-electron chi connectivity index (χ1n) is 10.3. The lowest BCUT2D eigenvalue weighted by atomic mass is 9.97. The highest BCUT2D eigenvalue weighted by Gasteiger charge is 2.28. The molecule has 0 atom stereocenters. The third-order valence-corrected chi connectivity index (χ3v) is 6.59. The van der Waals surface area contributed by atoms with Crippen LogP contribution < -0.4 is 15.6 Å². The molecule has 3 rings (SSSR count). The molecule has 9 nitrogen and oxygen atoms in total. The van der Waals surface area contributed by atoms with Gasteiger partial charge < -0.3 is 10.1 Å². The lowest BCUT2D eigenvalue weighted by Gasteiger charge is -2.29. The van der Waals surface area contributed by atoms with Crippen LogP contribution in [0.15, 0.2) is 41.5 Å². The Kier molecular flexibility index (Phi) is 7.45. The maximum Gasteiger partial charge on any atom is 0.253 e. The van der Waals surface area contributed by atoms with Crippen molar-refractivity contribution in [2.45, 2.75) is 26.3 Å². The second-order valence-corrected chi connectivity index (χ2v) is 9.47. The van der Waals surface area contributed by atoms with E-state index in [1.54, 1.807) is 0 Å². The summed E-state index contributed by atoms with van der Waals surface area (Å²) in [6, 6.07) is 8.85. The maximum absolute atomic E-state index is 12.4. The number of amides is 1. The molecule has 1 N–H and O–H groups in total. The molecule has 1 amide bonds. The normalized spacial score (nSPS) is 15.5. The topological polar surface area (TPSA) is 111 Å². The molecule has 10 heteroatoms. The van der Waals surface area contributed by atoms with Crippen molar-refractivity contribution in [2.24, 2.45) is 5.92 Å². The van der Waals surface area contributed by atoms with E-state index in [2.05, 4.69) is 10.3 Å². The first-order valence-corrected chi connectivity index (χ1v) is 12.2. The molecule has 1 fully saturated rings. The number of sulfonamides is 1. The van der Waals surface area contributed by atoms with Crippen LogP contribution in [-0.2, 0) is 21.4 Å². The van der Waals surface area contributed by atoms with E-state index in [-0.39, 0.29) is 17.4 Å². The van der Waals surface area contributed by atoms with Crippen LogP contribution in [0.3, 0.4) is 0 Å². The molecule has 0 unspecified atom stereocenters. The fourth-order valence-corrected chi connectivity index (χ4v) is 4.41. The van der Waals surface area contributed by atoms with Gasteiger partial charge in [-0.25, -0.2) is 17.7 Å². The SMILES string of the molecule is CCOc1ccc(-c2cc(=O)n(CCNC(=O)C3CCN(S(C)(=O)=O)CC3)cn2)cc1. The molecule has 1 aliphatic heterocycles. The fourth-order valence-electron chi connectivity index (χ4n) is 3.53. The van der Waals surface area contributed by atoms with E-state index in [0.717, 1.165) is 11.3 Å². The lowest BCUT2D eigenvalue weighted by Crippen LogP contribution is -2.43. The zero-order chi connectivity index (χ0) is 22.4. The van der Waals surface area contributed by atoms with Gasteiger partial charge in [0.1, 0.15) is 5.75 Å². The number of hydrogen-bond acceptors (Lipinski definition) is 6. The zero-order valence-corrected chi connectivity index (χ0v) is 18.6. The highest BCUT2D eigenvalue weighted by molar-refractivity contribution is 7.88. The summed E-state index contributed by atoms with van der Waals surface area (Å²) in [6.45, 7) is 3.82. The number of nitrogens with zero attached hydrogens (tertiary/aromatic N) is 3. The molecule has 1 aliphatic rings. The van der Waals surface area contributed by atoms with E-state index in [1.165, 1.54) is 27.5 Å². The Morgan fingerprint density at radius 1 is 1.23 bits per heavy atom. The Labute approximate surface area is 182 Å². The van der Waals surface area contributed by atoms with Gasteiger partial charge in [0.05, 0.1) is 24.9 Å². The smallest absolute Gasteiger partial charge is 0.253 e. The van der Waals surface area contributed by atoms with Crippen LogP contribution in [0.4, 0.5) is 0 Å². The number of piperidine rings is 1. The summed E-state index contributed by atoms with van der Waals surface area (Å²) in [5, 5.41) is 2.84. The van der Waals surface area contributed by atoms with Gasteiger partial charge in [-0.15, -0.1) is 0 Å². The third kappa shape index (κ3) is 6.14. The number of benzene rings is 1. The molecule has 1 aromatic carbocycles. The van der Waals surface area contributed by atoms with Crippen molar-refractivity contribution in [3.05, 3.63) is 47.0 Å². The van der Waals surface area contributed by atoms with E-state index >= 15 is 0 Å². The van der Waals surface area contributed by atoms with Gasteiger partial charge in [-0.1, -0.05) is 0 Å². The van der Waals surface area contributed by atoms with Crippen molar-refractivity contribution in [3.8, 4) is 17.0 Å². The molecule has 0 spiro atoms. The van der Waals surface area contributed by atoms with Gasteiger partial charge in [0.25, 0.3) is 5.56 Å². The summed E-state index contributed by atoms with van der Waals surface area (Å²) < 4.78 is 31.4. The second kappa shape index (κ2) is 10.1. The first-order chi connectivity index (χ1) is 14.8. The van der Waals surface area contributed by atoms with Crippen LogP contribution in [0.2, 0.25) is 0 Å². The van der Waals surface area contributed by atoms with Crippen LogP contribution in [0, 0.1) is 5.92 Å². The molecular weight excluding hydrogens is 420 g/mol. The quantitative estimate of drug-likeness (QED) is 0.647. The highest BCUT2D eigenvalue weighted by atomic mass is 32.2. The van der Waals surface area contributed by atoms with E-state index in [1.807, 2.05) is 31.2 Å². The number of nitrogens with one attached hydrogen (secondary N) is 1. The predicted octanol–water partition coefficient (Wildman–Crippen LogP) is 1.10. The minimum atomic E-state index is -3.21. The standard InChI is InChI=1S/C21H28N4O5S/c1-3-30-18-6-4-16(5-7-18)19-14-20(26)24(15-23-19)13-10-22-21(27)17-8-11-25(12-9-17)31(2,28)29/h4-7,14-15,17H,3,8-13H2,1-2H3,(H,22,27). The van der Waals surface area contributed by atoms with Crippen molar-refractivity contribution in [3.63, 3.8) is 0 Å². The molecule has 2 heterocycles. The Hall–Kier alpha value is -2.72. The number of carbonyl (C=O) groups is 1. The van der Waals surface area contributed by atoms with Gasteiger partial charge in [0.2, 0.25) is 15.9 Å². The molecule has 0 saturated carbocycles. The van der Waals surface area contributed by atoms with E-state index in [0.29, 0.717) is 51.3 Å². The van der Waals surface area contributed by atoms with E-state index in [4.69, 9.17) is 4.74 Å². The molecule has 1 saturated heterocycles. The minimum Gasteiger partial charge on any atom is -0.494 e. The van der Waals surface area contributed by atoms with Crippen LogP contribution >= 0.6 is 0 Å². The van der Waals surface area contributed by atoms with Crippen molar-refractivity contribution in [1.29, 1.82) is 0 Å². The molecule has 0 radical (unpaired) electrons. The van der Waals surface area contributed by atoms with Crippen LogP contribution in [-0.4, -0.2) is 60.7 Å². The van der Waals surface area contributed by atoms with E-state index < -0.39 is 10.0 Å². The molecule has 0 aliphatic carbocycles. The van der Waals surface area contributed by atoms with Crippen molar-refractivity contribution >= 4 is 15.9 Å². The number of hydrogen-bond donors (Lipinski definition) is 1. The van der Waals surface area contributed by atoms with Crippen molar-refractivity contribution < 1.29 is 17.9 Å². The second-order valence-electron chi connectivity index (χ2n) is 7.49. The van der Waals surface area contributed by atoms with E-state index in [9.17, 15) is 18.0 Å². The largest absolute Gasteiger partial charge is 0.494 e. The predicted molar refractivity (Wildman–Crippen MR) is 117 cm³/mol. The Balaban J connectivity index is 1.51. The minimum absolute atomic E-state index is 0.111. The zero-order valence-electron chi connectivity index (χ0n) is 17.8. The molecule has 1 aromatic heterocycles. The molecule has 2 aromatic rings. The fraction of sp³-hybridized carbons (Fsp3) is 0.476. The average Bonchev–Trinajstić information content (AvgIpc) is 2.75. The summed E-state index contributed by atoms with van der Waals surface area (Å²) >= 11 is 0. The summed E-state index contributed by atoms with van der Waals surface area (Å²) in [4.78, 5) is 29.1. The maximum atomic E-state index is 12.4. The number of carbonyl (C=O) groups excluding carboxylic acids is 1. The van der Waals surface area contributed by atoms with Crippen LogP contribution in [0.5, 0.6) is 5.75 Å². The molecule has 31 heavy (non-hydrogen) atoms. The molecule has 168 valence electrons. The Morgan fingerprint density at radius 3 is 2.48 bits per heavy atom. The number of rotatable bonds is 8. The summed E-state index contributed by atoms with van der Waals surface area (Å²) in [5.74, 6) is 0.437. The summed E-state index contributed by atoms with van der Waals surface area (Å²) in [5.41, 5.74) is 1.20. The van der Waals surface area contributed by atoms with Crippen LogP contribution in [0.25, 0.3) is 11.3 Å². The number of ether oxygens (including phenoxy) is 1. The van der Waals surface area contributed by atoms with Gasteiger partial charge in [0.15, 0.2) is 0 Å². The van der Waals surface area contributed by atoms with Crippen molar-refractivity contribution in [2.75, 3.05) is 32.5 Å². The first kappa shape index (κ1) is 23.0. The van der Waals surface area contributed by atoms with Crippen LogP contribution in [0.1, 0.15) is 19.8 Å².